The van der Waals surface area contributed by atoms with Gasteiger partial charge in [0.05, 0.1) is 13.2 Å². The highest BCUT2D eigenvalue weighted by molar-refractivity contribution is 9.10. The van der Waals surface area contributed by atoms with Crippen molar-refractivity contribution in [1.82, 2.24) is 9.80 Å². The van der Waals surface area contributed by atoms with E-state index < -0.39 is 0 Å². The third-order valence-corrected chi connectivity index (χ3v) is 5.37. The number of fused-ring (bicyclic) bond motifs is 3. The van der Waals surface area contributed by atoms with E-state index in [9.17, 15) is 4.79 Å². The Kier molecular flexibility index (Phi) is 3.30. The van der Waals surface area contributed by atoms with Crippen LogP contribution in [0.25, 0.3) is 0 Å². The third kappa shape index (κ3) is 2.30. The molecule has 2 fully saturated rings. The number of benzene rings is 1. The summed E-state index contributed by atoms with van der Waals surface area (Å²) in [6.45, 7) is 4.96. The fraction of sp³-hybridized carbons (Fsp3) is 0.533. The Bertz CT molecular complexity index is 580. The molecule has 3 heterocycles. The molecule has 1 aromatic carbocycles. The molecule has 0 aliphatic carbocycles. The van der Waals surface area contributed by atoms with Crippen molar-refractivity contribution in [2.24, 2.45) is 0 Å². The zero-order chi connectivity index (χ0) is 14.4. The van der Waals surface area contributed by atoms with Crippen molar-refractivity contribution in [1.29, 1.82) is 0 Å². The van der Waals surface area contributed by atoms with E-state index in [1.807, 2.05) is 0 Å². The average molecular weight is 352 g/mol. The van der Waals surface area contributed by atoms with Crippen molar-refractivity contribution in [3.8, 4) is 0 Å². The molecular weight excluding hydrogens is 334 g/mol. The van der Waals surface area contributed by atoms with Gasteiger partial charge in [-0.2, -0.15) is 0 Å². The third-order valence-electron chi connectivity index (χ3n) is 4.63. The second-order valence-corrected chi connectivity index (χ2v) is 6.74. The van der Waals surface area contributed by atoms with Crippen LogP contribution in [-0.2, 0) is 11.2 Å². The van der Waals surface area contributed by atoms with Gasteiger partial charge in [-0.05, 0) is 24.1 Å². The zero-order valence-corrected chi connectivity index (χ0v) is 13.4. The second kappa shape index (κ2) is 5.18. The highest BCUT2D eigenvalue weighted by Gasteiger charge is 2.36. The number of carbonyl (C=O) groups excluding carboxylic acids is 1. The number of ether oxygens (including phenoxy) is 1. The van der Waals surface area contributed by atoms with Crippen molar-refractivity contribution in [2.45, 2.75) is 12.5 Å². The molecule has 0 aromatic heterocycles. The zero-order valence-electron chi connectivity index (χ0n) is 11.8. The number of cyclic esters (lactones) is 1. The fourth-order valence-corrected chi connectivity index (χ4v) is 4.11. The molecule has 0 bridgehead atoms. The minimum Gasteiger partial charge on any atom is -0.447 e. The molecular formula is C15H18BrN3O2. The molecule has 5 nitrogen and oxygen atoms in total. The second-order valence-electron chi connectivity index (χ2n) is 5.89. The fourth-order valence-electron chi connectivity index (χ4n) is 3.59. The van der Waals surface area contributed by atoms with E-state index in [-0.39, 0.29) is 6.09 Å². The summed E-state index contributed by atoms with van der Waals surface area (Å²) in [6.07, 6.45) is 0.910. The molecule has 3 aliphatic rings. The molecule has 1 atom stereocenters. The number of piperazine rings is 1. The first-order valence-electron chi connectivity index (χ1n) is 7.40. The largest absolute Gasteiger partial charge is 0.447 e. The molecule has 0 unspecified atom stereocenters. The van der Waals surface area contributed by atoms with E-state index in [4.69, 9.17) is 4.74 Å². The van der Waals surface area contributed by atoms with Crippen LogP contribution in [0.3, 0.4) is 0 Å². The summed E-state index contributed by atoms with van der Waals surface area (Å²) in [5, 5.41) is 0. The highest BCUT2D eigenvalue weighted by Crippen LogP contribution is 2.38. The van der Waals surface area contributed by atoms with Crippen LogP contribution in [0.5, 0.6) is 0 Å². The maximum atomic E-state index is 11.6. The molecule has 6 heteroatoms. The van der Waals surface area contributed by atoms with Crippen molar-refractivity contribution in [3.63, 3.8) is 0 Å². The summed E-state index contributed by atoms with van der Waals surface area (Å²) in [5.74, 6) is 0. The first-order chi connectivity index (χ1) is 10.2. The number of hydrogen-bond donors (Lipinski definition) is 0. The number of anilines is 1. The summed E-state index contributed by atoms with van der Waals surface area (Å²) < 4.78 is 6.22. The van der Waals surface area contributed by atoms with E-state index in [1.165, 1.54) is 15.7 Å². The molecule has 4 rings (SSSR count). The van der Waals surface area contributed by atoms with Crippen LogP contribution in [0, 0.1) is 0 Å². The standard InChI is InChI=1S/C15H18BrN3O2/c16-13-2-1-3-14-12(13)8-11-9-17(4-5-19(11)14)10-18-6-7-21-15(18)20/h1-3,11H,4-10H2/t11-/m1/s1. The maximum absolute atomic E-state index is 11.6. The molecule has 0 spiro atoms. The van der Waals surface area contributed by atoms with Crippen molar-refractivity contribution in [3.05, 3.63) is 28.2 Å². The maximum Gasteiger partial charge on any atom is 0.410 e. The molecule has 2 saturated heterocycles. The van der Waals surface area contributed by atoms with Crippen LogP contribution < -0.4 is 4.90 Å². The van der Waals surface area contributed by atoms with Gasteiger partial charge < -0.3 is 9.64 Å². The van der Waals surface area contributed by atoms with Crippen LogP contribution >= 0.6 is 15.9 Å². The number of rotatable bonds is 2. The first kappa shape index (κ1) is 13.4. The monoisotopic (exact) mass is 351 g/mol. The van der Waals surface area contributed by atoms with E-state index in [1.54, 1.807) is 4.90 Å². The normalized spacial score (nSPS) is 25.0. The molecule has 0 radical (unpaired) electrons. The first-order valence-corrected chi connectivity index (χ1v) is 8.20. The smallest absolute Gasteiger partial charge is 0.410 e. The topological polar surface area (TPSA) is 36.0 Å². The average Bonchev–Trinajstić information content (AvgIpc) is 3.04. The van der Waals surface area contributed by atoms with Crippen molar-refractivity contribution >= 4 is 27.7 Å². The Hall–Kier alpha value is -1.27. The van der Waals surface area contributed by atoms with Gasteiger partial charge in [-0.1, -0.05) is 22.0 Å². The predicted octanol–water partition coefficient (Wildman–Crippen LogP) is 1.91. The predicted molar refractivity (Wildman–Crippen MR) is 83.5 cm³/mol. The molecule has 112 valence electrons. The molecule has 1 aromatic rings. The van der Waals surface area contributed by atoms with Crippen LogP contribution in [0.2, 0.25) is 0 Å². The highest BCUT2D eigenvalue weighted by atomic mass is 79.9. The summed E-state index contributed by atoms with van der Waals surface area (Å²) >= 11 is 3.67. The van der Waals surface area contributed by atoms with Gasteiger partial charge in [0.25, 0.3) is 0 Å². The SMILES string of the molecule is O=C1OCCN1CN1CCN2c3cccc(Br)c3C[C@@H]2C1. The molecule has 0 N–H and O–H groups in total. The minimum absolute atomic E-state index is 0.171. The van der Waals surface area contributed by atoms with Crippen molar-refractivity contribution in [2.75, 3.05) is 44.4 Å². The Balaban J connectivity index is 1.46. The lowest BCUT2D eigenvalue weighted by Crippen LogP contribution is -2.54. The van der Waals surface area contributed by atoms with Crippen LogP contribution in [0.15, 0.2) is 22.7 Å². The van der Waals surface area contributed by atoms with E-state index >= 15 is 0 Å². The van der Waals surface area contributed by atoms with Crippen LogP contribution in [-0.4, -0.2) is 61.4 Å². The number of amides is 1. The number of nitrogens with zero attached hydrogens (tertiary/aromatic N) is 3. The molecule has 21 heavy (non-hydrogen) atoms. The Morgan fingerprint density at radius 2 is 2.19 bits per heavy atom. The van der Waals surface area contributed by atoms with Gasteiger partial charge >= 0.3 is 6.09 Å². The summed E-state index contributed by atoms with van der Waals surface area (Å²) in [5.41, 5.74) is 2.79. The van der Waals surface area contributed by atoms with Gasteiger partial charge in [0.1, 0.15) is 6.61 Å². The number of halogens is 1. The van der Waals surface area contributed by atoms with Gasteiger partial charge in [-0.15, -0.1) is 0 Å². The molecule has 3 aliphatic heterocycles. The Labute approximate surface area is 132 Å². The van der Waals surface area contributed by atoms with Gasteiger partial charge in [0, 0.05) is 35.8 Å². The van der Waals surface area contributed by atoms with Crippen LogP contribution in [0.4, 0.5) is 10.5 Å². The summed E-state index contributed by atoms with van der Waals surface area (Å²) in [4.78, 5) is 18.2. The minimum atomic E-state index is -0.171. The van der Waals surface area contributed by atoms with E-state index in [0.717, 1.165) is 32.6 Å². The lowest BCUT2D eigenvalue weighted by atomic mass is 10.1. The lowest BCUT2D eigenvalue weighted by molar-refractivity contribution is 0.120. The molecule has 1 amide bonds. The Morgan fingerprint density at radius 3 is 3.00 bits per heavy atom. The van der Waals surface area contributed by atoms with Gasteiger partial charge in [-0.25, -0.2) is 4.79 Å². The van der Waals surface area contributed by atoms with Crippen LogP contribution in [0.1, 0.15) is 5.56 Å². The molecule has 0 saturated carbocycles. The van der Waals surface area contributed by atoms with Crippen molar-refractivity contribution < 1.29 is 9.53 Å². The number of carbonyl (C=O) groups is 1. The van der Waals surface area contributed by atoms with E-state index in [2.05, 4.69) is 43.9 Å². The van der Waals surface area contributed by atoms with Gasteiger partial charge in [0.2, 0.25) is 0 Å². The Morgan fingerprint density at radius 1 is 1.29 bits per heavy atom. The van der Waals surface area contributed by atoms with Gasteiger partial charge in [-0.3, -0.25) is 9.80 Å². The van der Waals surface area contributed by atoms with Gasteiger partial charge in [0.15, 0.2) is 0 Å². The number of hydrogen-bond acceptors (Lipinski definition) is 4. The summed E-state index contributed by atoms with van der Waals surface area (Å²) in [6, 6.07) is 6.96. The summed E-state index contributed by atoms with van der Waals surface area (Å²) in [7, 11) is 0. The van der Waals surface area contributed by atoms with E-state index in [0.29, 0.717) is 19.3 Å². The lowest BCUT2D eigenvalue weighted by Gasteiger charge is -2.40. The quantitative estimate of drug-likeness (QED) is 0.815.